The SMILES string of the molecule is CCC(=O)SC(CCCCC(=O)OC)CC(=O)Cl. The molecule has 1 unspecified atom stereocenters. The summed E-state index contributed by atoms with van der Waals surface area (Å²) in [4.78, 5) is 33.1. The van der Waals surface area contributed by atoms with E-state index in [1.165, 1.54) is 18.9 Å². The zero-order valence-corrected chi connectivity index (χ0v) is 12.3. The molecule has 0 aromatic heterocycles. The summed E-state index contributed by atoms with van der Waals surface area (Å²) in [6.45, 7) is 1.78. The smallest absolute Gasteiger partial charge is 0.305 e. The van der Waals surface area contributed by atoms with E-state index in [9.17, 15) is 14.4 Å². The molecule has 104 valence electrons. The summed E-state index contributed by atoms with van der Waals surface area (Å²) in [5, 5.41) is -0.449. The Hall–Kier alpha value is -0.550. The second kappa shape index (κ2) is 10.4. The van der Waals surface area contributed by atoms with Crippen LogP contribution in [0.3, 0.4) is 0 Å². The first kappa shape index (κ1) is 17.4. The second-order valence-corrected chi connectivity index (χ2v) is 5.63. The minimum absolute atomic E-state index is 0.0610. The maximum absolute atomic E-state index is 11.3. The highest BCUT2D eigenvalue weighted by molar-refractivity contribution is 8.14. The normalized spacial score (nSPS) is 11.9. The van der Waals surface area contributed by atoms with E-state index in [1.54, 1.807) is 6.92 Å². The average molecular weight is 295 g/mol. The lowest BCUT2D eigenvalue weighted by atomic mass is 10.1. The molecule has 0 heterocycles. The maximum Gasteiger partial charge on any atom is 0.305 e. The largest absolute Gasteiger partial charge is 0.469 e. The number of hydrogen-bond donors (Lipinski definition) is 0. The molecule has 0 aliphatic rings. The molecule has 6 heteroatoms. The molecule has 18 heavy (non-hydrogen) atoms. The predicted molar refractivity (Wildman–Crippen MR) is 72.6 cm³/mol. The summed E-state index contributed by atoms with van der Waals surface area (Å²) in [5.74, 6) is -0.239. The highest BCUT2D eigenvalue weighted by Gasteiger charge is 2.16. The van der Waals surface area contributed by atoms with Gasteiger partial charge in [0.2, 0.25) is 5.24 Å². The fourth-order valence-electron chi connectivity index (χ4n) is 1.39. The molecular weight excluding hydrogens is 276 g/mol. The zero-order chi connectivity index (χ0) is 14.0. The van der Waals surface area contributed by atoms with Gasteiger partial charge in [-0.05, 0) is 24.4 Å². The van der Waals surface area contributed by atoms with Crippen molar-refractivity contribution in [1.29, 1.82) is 0 Å². The predicted octanol–water partition coefficient (Wildman–Crippen LogP) is 2.91. The van der Waals surface area contributed by atoms with Crippen molar-refractivity contribution in [2.45, 2.75) is 50.7 Å². The van der Waals surface area contributed by atoms with Crippen molar-refractivity contribution in [2.24, 2.45) is 0 Å². The van der Waals surface area contributed by atoms with E-state index in [0.717, 1.165) is 6.42 Å². The number of halogens is 1. The van der Waals surface area contributed by atoms with Gasteiger partial charge in [-0.25, -0.2) is 0 Å². The number of thioether (sulfide) groups is 1. The Morgan fingerprint density at radius 1 is 1.28 bits per heavy atom. The van der Waals surface area contributed by atoms with E-state index in [4.69, 9.17) is 11.6 Å². The van der Waals surface area contributed by atoms with Crippen molar-refractivity contribution in [3.63, 3.8) is 0 Å². The monoisotopic (exact) mass is 294 g/mol. The van der Waals surface area contributed by atoms with Crippen molar-refractivity contribution in [3.05, 3.63) is 0 Å². The molecule has 0 radical (unpaired) electrons. The van der Waals surface area contributed by atoms with Crippen LogP contribution in [0.1, 0.15) is 45.4 Å². The molecule has 0 bridgehead atoms. The molecule has 0 saturated carbocycles. The molecular formula is C12H19ClO4S. The van der Waals surface area contributed by atoms with Gasteiger partial charge in [-0.1, -0.05) is 25.1 Å². The Morgan fingerprint density at radius 3 is 2.44 bits per heavy atom. The fourth-order valence-corrected chi connectivity index (χ4v) is 2.73. The molecule has 0 aromatic carbocycles. The lowest BCUT2D eigenvalue weighted by Crippen LogP contribution is -2.10. The summed E-state index contributed by atoms with van der Waals surface area (Å²) >= 11 is 6.52. The molecule has 0 amide bonds. The van der Waals surface area contributed by atoms with E-state index in [0.29, 0.717) is 25.7 Å². The van der Waals surface area contributed by atoms with Gasteiger partial charge in [0.05, 0.1) is 7.11 Å². The second-order valence-electron chi connectivity index (χ2n) is 3.85. The molecule has 4 nitrogen and oxygen atoms in total. The maximum atomic E-state index is 11.3. The van der Waals surface area contributed by atoms with Crippen LogP contribution in [0, 0.1) is 0 Å². The summed E-state index contributed by atoms with van der Waals surface area (Å²) in [5.41, 5.74) is 0. The van der Waals surface area contributed by atoms with Crippen LogP contribution >= 0.6 is 23.4 Å². The van der Waals surface area contributed by atoms with Crippen molar-refractivity contribution in [1.82, 2.24) is 0 Å². The number of carbonyl (C=O) groups is 3. The lowest BCUT2D eigenvalue weighted by Gasteiger charge is -2.12. The topological polar surface area (TPSA) is 60.4 Å². The Kier molecular flexibility index (Phi) is 10.1. The summed E-state index contributed by atoms with van der Waals surface area (Å²) in [6.07, 6.45) is 3.17. The average Bonchev–Trinajstić information content (AvgIpc) is 2.33. The zero-order valence-electron chi connectivity index (χ0n) is 10.7. The molecule has 0 N–H and O–H groups in total. The van der Waals surface area contributed by atoms with Gasteiger partial charge in [0.1, 0.15) is 0 Å². The number of hydrogen-bond acceptors (Lipinski definition) is 5. The summed E-state index contributed by atoms with van der Waals surface area (Å²) in [7, 11) is 1.35. The Morgan fingerprint density at radius 2 is 1.94 bits per heavy atom. The molecule has 0 aromatic rings. The van der Waals surface area contributed by atoms with Crippen LogP contribution in [-0.4, -0.2) is 28.7 Å². The van der Waals surface area contributed by atoms with E-state index in [-0.39, 0.29) is 22.8 Å². The van der Waals surface area contributed by atoms with Crippen molar-refractivity contribution in [3.8, 4) is 0 Å². The molecule has 0 saturated heterocycles. The Labute approximate surface area is 117 Å². The third-order valence-electron chi connectivity index (χ3n) is 2.36. The van der Waals surface area contributed by atoms with Crippen molar-refractivity contribution < 1.29 is 19.1 Å². The summed E-state index contributed by atoms with van der Waals surface area (Å²) in [6, 6.07) is 0. The number of esters is 1. The standard InChI is InChI=1S/C12H19ClO4S/c1-3-12(16)18-9(8-10(13)14)6-4-5-7-11(15)17-2/h9H,3-8H2,1-2H3. The van der Waals surface area contributed by atoms with Crippen LogP contribution in [0.25, 0.3) is 0 Å². The van der Waals surface area contributed by atoms with Crippen LogP contribution in [-0.2, 0) is 19.1 Å². The molecule has 0 rings (SSSR count). The molecule has 0 aliphatic carbocycles. The van der Waals surface area contributed by atoms with Crippen molar-refractivity contribution >= 4 is 39.7 Å². The van der Waals surface area contributed by atoms with Crippen LogP contribution in [0.2, 0.25) is 0 Å². The van der Waals surface area contributed by atoms with Crippen LogP contribution < -0.4 is 0 Å². The lowest BCUT2D eigenvalue weighted by molar-refractivity contribution is -0.140. The molecule has 1 atom stereocenters. The van der Waals surface area contributed by atoms with Crippen LogP contribution in [0.4, 0.5) is 0 Å². The number of rotatable bonds is 9. The first-order valence-corrected chi connectivity index (χ1v) is 7.20. The highest BCUT2D eigenvalue weighted by atomic mass is 35.5. The van der Waals surface area contributed by atoms with Gasteiger partial charge in [0.15, 0.2) is 5.12 Å². The Balaban J connectivity index is 3.96. The molecule has 0 fully saturated rings. The van der Waals surface area contributed by atoms with Gasteiger partial charge in [0, 0.05) is 24.5 Å². The minimum Gasteiger partial charge on any atom is -0.469 e. The summed E-state index contributed by atoms with van der Waals surface area (Å²) < 4.78 is 4.53. The number of ether oxygens (including phenoxy) is 1. The van der Waals surface area contributed by atoms with Crippen molar-refractivity contribution in [2.75, 3.05) is 7.11 Å². The van der Waals surface area contributed by atoms with Gasteiger partial charge in [-0.15, -0.1) is 0 Å². The first-order valence-electron chi connectivity index (χ1n) is 5.94. The number of unbranched alkanes of at least 4 members (excludes halogenated alkanes) is 1. The van der Waals surface area contributed by atoms with Gasteiger partial charge in [-0.2, -0.15) is 0 Å². The molecule has 0 aliphatic heterocycles. The number of methoxy groups -OCH3 is 1. The first-order chi connectivity index (χ1) is 8.49. The van der Waals surface area contributed by atoms with Gasteiger partial charge in [0.25, 0.3) is 0 Å². The van der Waals surface area contributed by atoms with E-state index < -0.39 is 5.24 Å². The van der Waals surface area contributed by atoms with Crippen LogP contribution in [0.5, 0.6) is 0 Å². The van der Waals surface area contributed by atoms with Gasteiger partial charge in [-0.3, -0.25) is 14.4 Å². The third kappa shape index (κ3) is 9.48. The van der Waals surface area contributed by atoms with Gasteiger partial charge < -0.3 is 4.74 Å². The van der Waals surface area contributed by atoms with Crippen LogP contribution in [0.15, 0.2) is 0 Å². The van der Waals surface area contributed by atoms with E-state index in [2.05, 4.69) is 4.74 Å². The molecule has 0 spiro atoms. The highest BCUT2D eigenvalue weighted by Crippen LogP contribution is 2.24. The number of carbonyl (C=O) groups excluding carboxylic acids is 3. The van der Waals surface area contributed by atoms with E-state index >= 15 is 0 Å². The van der Waals surface area contributed by atoms with Gasteiger partial charge >= 0.3 is 5.97 Å². The van der Waals surface area contributed by atoms with E-state index in [1.807, 2.05) is 0 Å². The Bertz CT molecular complexity index is 294. The fraction of sp³-hybridized carbons (Fsp3) is 0.750. The third-order valence-corrected chi connectivity index (χ3v) is 3.80. The quantitative estimate of drug-likeness (QED) is 0.372. The minimum atomic E-state index is -0.427.